The zero-order valence-electron chi connectivity index (χ0n) is 31.8. The first kappa shape index (κ1) is 39.3. The molecule has 8 aliphatic rings. The summed E-state index contributed by atoms with van der Waals surface area (Å²) in [6, 6.07) is 0. The predicted octanol–water partition coefficient (Wildman–Crippen LogP) is 0.0880. The summed E-state index contributed by atoms with van der Waals surface area (Å²) in [5.74, 6) is -0.0893. The fraction of sp³-hybridized carbons (Fsp3) is 1.00. The molecule has 2 spiro atoms. The van der Waals surface area contributed by atoms with Gasteiger partial charge in [0.15, 0.2) is 12.6 Å². The van der Waals surface area contributed by atoms with E-state index in [2.05, 4.69) is 20.8 Å². The average molecular weight is 757 g/mol. The lowest BCUT2D eigenvalue weighted by Crippen LogP contribution is -2.62. The number of fused-ring (bicyclic) bond motifs is 2. The summed E-state index contributed by atoms with van der Waals surface area (Å²) >= 11 is 0. The molecule has 0 radical (unpaired) electrons. The van der Waals surface area contributed by atoms with Crippen LogP contribution in [0.2, 0.25) is 0 Å². The van der Waals surface area contributed by atoms with E-state index in [0.29, 0.717) is 25.7 Å². The summed E-state index contributed by atoms with van der Waals surface area (Å²) in [5.41, 5.74) is -2.38. The third-order valence-electron chi connectivity index (χ3n) is 16.8. The number of aliphatic hydroxyl groups excluding tert-OH is 8. The zero-order chi connectivity index (χ0) is 38.3. The Balaban J connectivity index is 1.11. The molecule has 5 aliphatic carbocycles. The summed E-state index contributed by atoms with van der Waals surface area (Å²) in [5, 5.41) is 96.3. The Kier molecular flexibility index (Phi) is 9.61. The molecule has 0 aromatic rings. The molecule has 8 fully saturated rings. The van der Waals surface area contributed by atoms with Crippen LogP contribution in [-0.4, -0.2) is 150 Å². The highest BCUT2D eigenvalue weighted by molar-refractivity contribution is 5.32. The molecule has 3 heterocycles. The zero-order valence-corrected chi connectivity index (χ0v) is 31.8. The third kappa shape index (κ3) is 5.63. The minimum absolute atomic E-state index is 0.0189. The van der Waals surface area contributed by atoms with Gasteiger partial charge in [0.05, 0.1) is 48.8 Å². The van der Waals surface area contributed by atoms with Crippen molar-refractivity contribution in [3.05, 3.63) is 0 Å². The highest BCUT2D eigenvalue weighted by atomic mass is 16.7. The van der Waals surface area contributed by atoms with Gasteiger partial charge in [-0.05, 0) is 118 Å². The van der Waals surface area contributed by atoms with Crippen molar-refractivity contribution < 1.29 is 69.6 Å². The monoisotopic (exact) mass is 756 g/mol. The van der Waals surface area contributed by atoms with Gasteiger partial charge in [-0.15, -0.1) is 0 Å². The Morgan fingerprint density at radius 1 is 0.736 bits per heavy atom. The third-order valence-corrected chi connectivity index (χ3v) is 16.8. The maximum Gasteiger partial charge on any atom is 0.186 e. The first-order chi connectivity index (χ1) is 24.7. The molecule has 304 valence electrons. The molecule has 5 saturated carbocycles. The molecule has 1 unspecified atom stereocenters. The van der Waals surface area contributed by atoms with Gasteiger partial charge in [-0.2, -0.15) is 0 Å². The van der Waals surface area contributed by atoms with Crippen LogP contribution in [0.25, 0.3) is 0 Å². The fourth-order valence-electron chi connectivity index (χ4n) is 14.0. The number of hydrogen-bond acceptors (Lipinski definition) is 14. The molecule has 0 amide bonds. The summed E-state index contributed by atoms with van der Waals surface area (Å²) in [6.45, 7) is 9.60. The highest BCUT2D eigenvalue weighted by Crippen LogP contribution is 2.88. The minimum Gasteiger partial charge on any atom is -0.394 e. The smallest absolute Gasteiger partial charge is 0.186 e. The molecule has 0 aromatic heterocycles. The number of rotatable bonds is 7. The van der Waals surface area contributed by atoms with E-state index >= 15 is 0 Å². The van der Waals surface area contributed by atoms with Crippen molar-refractivity contribution in [3.63, 3.8) is 0 Å². The van der Waals surface area contributed by atoms with Crippen molar-refractivity contribution in [2.45, 2.75) is 190 Å². The topological polar surface area (TPSA) is 228 Å². The fourth-order valence-corrected chi connectivity index (χ4v) is 14.0. The molecule has 3 aliphatic heterocycles. The summed E-state index contributed by atoms with van der Waals surface area (Å²) in [7, 11) is 0. The molecule has 9 N–H and O–H groups in total. The van der Waals surface area contributed by atoms with E-state index in [9.17, 15) is 46.0 Å². The van der Waals surface area contributed by atoms with Crippen molar-refractivity contribution in [1.29, 1.82) is 0 Å². The van der Waals surface area contributed by atoms with E-state index in [1.807, 2.05) is 0 Å². The minimum atomic E-state index is -1.58. The molecule has 14 heteroatoms. The van der Waals surface area contributed by atoms with Gasteiger partial charge >= 0.3 is 0 Å². The maximum absolute atomic E-state index is 12.1. The van der Waals surface area contributed by atoms with E-state index in [0.717, 1.165) is 38.5 Å². The lowest BCUT2D eigenvalue weighted by atomic mass is 9.42. The second kappa shape index (κ2) is 13.0. The summed E-state index contributed by atoms with van der Waals surface area (Å²) in [4.78, 5) is 0. The predicted molar refractivity (Wildman–Crippen MR) is 185 cm³/mol. The van der Waals surface area contributed by atoms with Gasteiger partial charge < -0.3 is 69.6 Å². The van der Waals surface area contributed by atoms with Crippen LogP contribution >= 0.6 is 0 Å². The second-order valence-corrected chi connectivity index (χ2v) is 19.7. The highest BCUT2D eigenvalue weighted by Gasteiger charge is 2.83. The standard InChI is InChI=1S/C39H64O14/c1-34(2,48)25-7-8-37(5,53-25)31-20(41)14-36(4)24-13-22(51-33-30(47)28(45)27(44)23(15-40)52-33)19-12-18(50-32-29(46)26(43)21(42)16-49-32)6-9-38(19)17-39(24,38)11-10-35(31,36)3/h18-33,40-48H,6-17H2,1-5H3/t18-,19+,20?,21+,22-,23-,24-,25-,26+,27-,28+,29+,30-,31-,32-,33-,35+,36-,37+,38+,39-/m0/s1. The Hall–Kier alpha value is -0.560. The van der Waals surface area contributed by atoms with E-state index in [-0.39, 0.29) is 58.2 Å². The van der Waals surface area contributed by atoms with Crippen LogP contribution in [0, 0.1) is 39.4 Å². The van der Waals surface area contributed by atoms with Crippen molar-refractivity contribution in [2.24, 2.45) is 39.4 Å². The van der Waals surface area contributed by atoms with Gasteiger partial charge in [-0.3, -0.25) is 0 Å². The van der Waals surface area contributed by atoms with Crippen LogP contribution < -0.4 is 0 Å². The van der Waals surface area contributed by atoms with Gasteiger partial charge in [-0.1, -0.05) is 13.8 Å². The first-order valence-corrected chi connectivity index (χ1v) is 20.1. The Bertz CT molecular complexity index is 1380. The van der Waals surface area contributed by atoms with Crippen LogP contribution in [0.3, 0.4) is 0 Å². The molecule has 14 nitrogen and oxygen atoms in total. The molecule has 21 atom stereocenters. The quantitative estimate of drug-likeness (QED) is 0.157. The summed E-state index contributed by atoms with van der Waals surface area (Å²) in [6.07, 6.45) is -6.42. The summed E-state index contributed by atoms with van der Waals surface area (Å²) < 4.78 is 31.4. The number of aliphatic hydroxyl groups is 9. The maximum atomic E-state index is 12.1. The van der Waals surface area contributed by atoms with E-state index < -0.39 is 85.3 Å². The molecular weight excluding hydrogens is 692 g/mol. The number of hydrogen-bond donors (Lipinski definition) is 9. The lowest BCUT2D eigenvalue weighted by molar-refractivity contribution is -0.328. The van der Waals surface area contributed by atoms with E-state index in [1.54, 1.807) is 13.8 Å². The number of ether oxygens (including phenoxy) is 5. The Morgan fingerprint density at radius 3 is 2.13 bits per heavy atom. The first-order valence-electron chi connectivity index (χ1n) is 20.1. The molecule has 0 aromatic carbocycles. The van der Waals surface area contributed by atoms with Crippen molar-refractivity contribution in [1.82, 2.24) is 0 Å². The van der Waals surface area contributed by atoms with Crippen LogP contribution in [0.15, 0.2) is 0 Å². The second-order valence-electron chi connectivity index (χ2n) is 19.7. The van der Waals surface area contributed by atoms with Gasteiger partial charge in [-0.25, -0.2) is 0 Å². The van der Waals surface area contributed by atoms with Crippen molar-refractivity contribution in [3.8, 4) is 0 Å². The van der Waals surface area contributed by atoms with Crippen molar-refractivity contribution >= 4 is 0 Å². The normalized spacial score (nSPS) is 59.4. The van der Waals surface area contributed by atoms with Crippen LogP contribution in [0.1, 0.15) is 98.8 Å². The van der Waals surface area contributed by atoms with Gasteiger partial charge in [0.2, 0.25) is 0 Å². The van der Waals surface area contributed by atoms with Gasteiger partial charge in [0.1, 0.15) is 42.7 Å². The molecule has 8 rings (SSSR count). The SMILES string of the molecule is CC(C)(O)[C@@H]1CC[C@](C)([C@H]2C(O)C[C@@]3(C)[C@@H]4C[C@H](O[C@H]5O[C@@H](CO)[C@H](O)[C@@H](O)[C@@H]5O)[C@H]5C[C@@H](O[C@@H]6OC[C@@H](O)[C@@H](O)[C@H]6O)CC[C@@]56C[C@@]46CC[C@]23C)O1. The van der Waals surface area contributed by atoms with Gasteiger partial charge in [0, 0.05) is 5.92 Å². The molecular formula is C39H64O14. The van der Waals surface area contributed by atoms with E-state index in [1.165, 1.54) is 0 Å². The van der Waals surface area contributed by atoms with Gasteiger partial charge in [0.25, 0.3) is 0 Å². The molecule has 3 saturated heterocycles. The molecule has 0 bridgehead atoms. The Labute approximate surface area is 311 Å². The lowest BCUT2D eigenvalue weighted by Gasteiger charge is -2.63. The van der Waals surface area contributed by atoms with Crippen LogP contribution in [0.4, 0.5) is 0 Å². The van der Waals surface area contributed by atoms with Crippen molar-refractivity contribution in [2.75, 3.05) is 13.2 Å². The Morgan fingerprint density at radius 2 is 1.45 bits per heavy atom. The average Bonchev–Trinajstić information content (AvgIpc) is 3.46. The van der Waals surface area contributed by atoms with Crippen LogP contribution in [0.5, 0.6) is 0 Å². The molecule has 53 heavy (non-hydrogen) atoms. The largest absolute Gasteiger partial charge is 0.394 e. The van der Waals surface area contributed by atoms with E-state index in [4.69, 9.17) is 23.7 Å². The van der Waals surface area contributed by atoms with Crippen LogP contribution in [-0.2, 0) is 23.7 Å².